The number of alkyl halides is 3. The van der Waals surface area contributed by atoms with Crippen LogP contribution in [0.3, 0.4) is 0 Å². The lowest BCUT2D eigenvalue weighted by molar-refractivity contribution is -0.137. The number of benzene rings is 2. The molecule has 0 saturated carbocycles. The van der Waals surface area contributed by atoms with E-state index in [0.717, 1.165) is 28.6 Å². The number of nitrogens with one attached hydrogen (secondary N) is 1. The first-order chi connectivity index (χ1) is 15.1. The summed E-state index contributed by atoms with van der Waals surface area (Å²) >= 11 is 0. The van der Waals surface area contributed by atoms with Crippen molar-refractivity contribution in [1.29, 1.82) is 0 Å². The molecule has 2 heterocycles. The fourth-order valence-corrected chi connectivity index (χ4v) is 4.74. The average molecular weight is 467 g/mol. The van der Waals surface area contributed by atoms with Gasteiger partial charge in [-0.05, 0) is 42.5 Å². The number of aromatic nitrogens is 1. The number of nitrogens with zero attached hydrogens (tertiary/aromatic N) is 2. The summed E-state index contributed by atoms with van der Waals surface area (Å²) in [6.45, 7) is 1.44. The van der Waals surface area contributed by atoms with Crippen LogP contribution in [0.4, 0.5) is 24.5 Å². The van der Waals surface area contributed by atoms with Gasteiger partial charge in [-0.2, -0.15) is 13.2 Å². The summed E-state index contributed by atoms with van der Waals surface area (Å²) in [7, 11) is -4.20. The van der Waals surface area contributed by atoms with Crippen molar-refractivity contribution < 1.29 is 35.5 Å². The van der Waals surface area contributed by atoms with E-state index in [-0.39, 0.29) is 40.9 Å². The number of carbonyl (C=O) groups excluding carboxylic acids is 1. The topological polar surface area (TPSA) is 102 Å². The summed E-state index contributed by atoms with van der Waals surface area (Å²) in [4.78, 5) is 16.0. The third-order valence-electron chi connectivity index (χ3n) is 4.66. The van der Waals surface area contributed by atoms with Crippen molar-refractivity contribution in [3.8, 4) is 5.75 Å². The molecule has 12 heteroatoms. The molecule has 0 spiro atoms. The molecule has 1 aromatic heterocycles. The number of anilines is 2. The van der Waals surface area contributed by atoms with Crippen LogP contribution in [0.1, 0.15) is 21.9 Å². The molecule has 32 heavy (non-hydrogen) atoms. The van der Waals surface area contributed by atoms with Crippen LogP contribution in [0.25, 0.3) is 0 Å². The second kappa shape index (κ2) is 7.86. The number of oxazole rings is 1. The number of rotatable bonds is 3. The Morgan fingerprint density at radius 2 is 1.88 bits per heavy atom. The van der Waals surface area contributed by atoms with Gasteiger partial charge < -0.3 is 14.5 Å². The van der Waals surface area contributed by atoms with Gasteiger partial charge >= 0.3 is 6.18 Å². The first-order valence-corrected chi connectivity index (χ1v) is 10.7. The minimum Gasteiger partial charge on any atom is -0.490 e. The Balaban J connectivity index is 1.66. The maximum atomic E-state index is 13.3. The van der Waals surface area contributed by atoms with Gasteiger partial charge in [-0.15, -0.1) is 0 Å². The van der Waals surface area contributed by atoms with Crippen molar-refractivity contribution in [2.45, 2.75) is 18.0 Å². The number of halogens is 3. The second-order valence-corrected chi connectivity index (χ2v) is 8.67. The van der Waals surface area contributed by atoms with Gasteiger partial charge in [0.1, 0.15) is 23.5 Å². The number of hydrogen-bond donors (Lipinski definition) is 1. The molecule has 168 valence electrons. The number of aryl methyl sites for hydroxylation is 1. The predicted molar refractivity (Wildman–Crippen MR) is 107 cm³/mol. The van der Waals surface area contributed by atoms with Gasteiger partial charge in [-0.1, -0.05) is 0 Å². The largest absolute Gasteiger partial charge is 0.490 e. The minimum atomic E-state index is -4.54. The maximum absolute atomic E-state index is 13.3. The average Bonchev–Trinajstić information content (AvgIpc) is 3.12. The van der Waals surface area contributed by atoms with Gasteiger partial charge in [0.05, 0.1) is 17.8 Å². The van der Waals surface area contributed by atoms with E-state index < -0.39 is 27.7 Å². The predicted octanol–water partition coefficient (Wildman–Crippen LogP) is 3.84. The van der Waals surface area contributed by atoms with Crippen molar-refractivity contribution in [2.75, 3.05) is 22.8 Å². The number of fused-ring (bicyclic) bond motifs is 1. The van der Waals surface area contributed by atoms with E-state index in [9.17, 15) is 26.4 Å². The third kappa shape index (κ3) is 4.13. The Kier molecular flexibility index (Phi) is 5.33. The van der Waals surface area contributed by atoms with Crippen LogP contribution in [-0.2, 0) is 16.2 Å². The molecule has 4 rings (SSSR count). The molecule has 0 bridgehead atoms. The SMILES string of the molecule is Cc1nc(C(=O)Nc2ccc3c(c2)S(=O)(=O)N(c2ccc(C(F)(F)F)cc2)CCO3)co1. The van der Waals surface area contributed by atoms with Crippen molar-refractivity contribution in [3.63, 3.8) is 0 Å². The van der Waals surface area contributed by atoms with Crippen LogP contribution >= 0.6 is 0 Å². The van der Waals surface area contributed by atoms with Gasteiger partial charge in [0, 0.05) is 12.6 Å². The molecular formula is C20H16F3N3O5S. The van der Waals surface area contributed by atoms with Crippen LogP contribution in [-0.4, -0.2) is 32.5 Å². The van der Waals surface area contributed by atoms with Crippen molar-refractivity contribution in [3.05, 3.63) is 65.9 Å². The smallest absolute Gasteiger partial charge is 0.416 e. The van der Waals surface area contributed by atoms with E-state index in [4.69, 9.17) is 9.15 Å². The Morgan fingerprint density at radius 1 is 1.16 bits per heavy atom. The summed E-state index contributed by atoms with van der Waals surface area (Å²) in [5, 5.41) is 2.53. The molecule has 0 radical (unpaired) electrons. The lowest BCUT2D eigenvalue weighted by Gasteiger charge is -2.22. The summed E-state index contributed by atoms with van der Waals surface area (Å²) in [5.41, 5.74) is -0.654. The highest BCUT2D eigenvalue weighted by Crippen LogP contribution is 2.36. The van der Waals surface area contributed by atoms with Gasteiger partial charge in [0.2, 0.25) is 0 Å². The second-order valence-electron chi connectivity index (χ2n) is 6.84. The Morgan fingerprint density at radius 3 is 2.50 bits per heavy atom. The fourth-order valence-electron chi connectivity index (χ4n) is 3.13. The molecule has 1 aliphatic rings. The van der Waals surface area contributed by atoms with Crippen LogP contribution in [0.15, 0.2) is 58.0 Å². The van der Waals surface area contributed by atoms with E-state index in [0.29, 0.717) is 5.89 Å². The third-order valence-corrected chi connectivity index (χ3v) is 6.50. The van der Waals surface area contributed by atoms with Crippen LogP contribution in [0.5, 0.6) is 5.75 Å². The highest BCUT2D eigenvalue weighted by Gasteiger charge is 2.34. The summed E-state index contributed by atoms with van der Waals surface area (Å²) in [5.74, 6) is -0.247. The zero-order valence-electron chi connectivity index (χ0n) is 16.5. The molecule has 0 unspecified atom stereocenters. The summed E-state index contributed by atoms with van der Waals surface area (Å²) in [6.07, 6.45) is -3.37. The molecule has 0 saturated heterocycles. The highest BCUT2D eigenvalue weighted by atomic mass is 32.2. The van der Waals surface area contributed by atoms with E-state index >= 15 is 0 Å². The molecule has 1 N–H and O–H groups in total. The number of sulfonamides is 1. The Labute approximate surface area is 180 Å². The summed E-state index contributed by atoms with van der Waals surface area (Å²) < 4.78 is 76.6. The van der Waals surface area contributed by atoms with Crippen LogP contribution < -0.4 is 14.4 Å². The van der Waals surface area contributed by atoms with E-state index in [2.05, 4.69) is 10.3 Å². The minimum absolute atomic E-state index is 0.0166. The lowest BCUT2D eigenvalue weighted by Crippen LogP contribution is -2.32. The molecule has 2 aromatic carbocycles. The van der Waals surface area contributed by atoms with E-state index in [1.807, 2.05) is 0 Å². The number of carbonyl (C=O) groups is 1. The molecule has 8 nitrogen and oxygen atoms in total. The van der Waals surface area contributed by atoms with Crippen molar-refractivity contribution >= 4 is 27.3 Å². The molecule has 1 amide bonds. The fraction of sp³-hybridized carbons (Fsp3) is 0.200. The van der Waals surface area contributed by atoms with E-state index in [1.165, 1.54) is 24.5 Å². The maximum Gasteiger partial charge on any atom is 0.416 e. The first-order valence-electron chi connectivity index (χ1n) is 9.26. The van der Waals surface area contributed by atoms with Crippen molar-refractivity contribution in [1.82, 2.24) is 4.98 Å². The summed E-state index contributed by atoms with van der Waals surface area (Å²) in [6, 6.07) is 7.88. The quantitative estimate of drug-likeness (QED) is 0.628. The number of hydrogen-bond acceptors (Lipinski definition) is 6. The van der Waals surface area contributed by atoms with Gasteiger partial charge in [-0.3, -0.25) is 9.10 Å². The zero-order chi connectivity index (χ0) is 23.1. The van der Waals surface area contributed by atoms with Crippen LogP contribution in [0, 0.1) is 6.92 Å². The van der Waals surface area contributed by atoms with Crippen LogP contribution in [0.2, 0.25) is 0 Å². The molecule has 0 aliphatic carbocycles. The number of amides is 1. The Bertz CT molecular complexity index is 1270. The van der Waals surface area contributed by atoms with E-state index in [1.54, 1.807) is 6.92 Å². The molecule has 1 aliphatic heterocycles. The molecular weight excluding hydrogens is 451 g/mol. The molecule has 0 atom stereocenters. The zero-order valence-corrected chi connectivity index (χ0v) is 17.3. The lowest BCUT2D eigenvalue weighted by atomic mass is 10.2. The van der Waals surface area contributed by atoms with Crippen molar-refractivity contribution in [2.24, 2.45) is 0 Å². The highest BCUT2D eigenvalue weighted by molar-refractivity contribution is 7.93. The molecule has 3 aromatic rings. The van der Waals surface area contributed by atoms with Gasteiger partial charge in [0.25, 0.3) is 15.9 Å². The first kappa shape index (κ1) is 21.7. The normalized spacial score (nSPS) is 15.4. The van der Waals surface area contributed by atoms with Gasteiger partial charge in [0.15, 0.2) is 11.6 Å². The monoisotopic (exact) mass is 467 g/mol. The number of ether oxygens (including phenoxy) is 1. The Hall–Kier alpha value is -3.54. The standard InChI is InChI=1S/C20H16F3N3O5S/c1-12-24-16(11-31-12)19(27)25-14-4-7-17-18(10-14)32(28,29)26(8-9-30-17)15-5-2-13(3-6-15)20(21,22)23/h2-7,10-11H,8-9H2,1H3,(H,25,27). The van der Waals surface area contributed by atoms with Gasteiger partial charge in [-0.25, -0.2) is 13.4 Å². The molecule has 0 fully saturated rings.